The summed E-state index contributed by atoms with van der Waals surface area (Å²) in [5.41, 5.74) is 4.02. The Bertz CT molecular complexity index is 601. The van der Waals surface area contributed by atoms with Crippen LogP contribution in [0, 0.1) is 34.0 Å². The van der Waals surface area contributed by atoms with Gasteiger partial charge in [0, 0.05) is 0 Å². The van der Waals surface area contributed by atoms with Gasteiger partial charge in [-0.25, -0.2) is 0 Å². The van der Waals surface area contributed by atoms with Crippen LogP contribution < -0.4 is 5.73 Å². The molecule has 94 valence electrons. The van der Waals surface area contributed by atoms with Crippen LogP contribution in [0.4, 0.5) is 0 Å². The van der Waals surface area contributed by atoms with E-state index in [-0.39, 0.29) is 0 Å². The Labute approximate surface area is 114 Å². The van der Waals surface area contributed by atoms with Gasteiger partial charge in [0.2, 0.25) is 16.4 Å². The summed E-state index contributed by atoms with van der Waals surface area (Å²) in [4.78, 5) is 23.6. The second-order valence-corrected chi connectivity index (χ2v) is 5.26. The average molecular weight is 271 g/mol. The molecule has 6 heteroatoms. The molecule has 1 fully saturated rings. The Morgan fingerprint density at radius 2 is 1.84 bits per heavy atom. The number of nitrogens with zero attached hydrogens (tertiary/aromatic N) is 2. The topological polar surface area (TPSA) is 108 Å². The van der Waals surface area contributed by atoms with Gasteiger partial charge in [0.1, 0.15) is 0 Å². The molecule has 0 aromatic heterocycles. The van der Waals surface area contributed by atoms with E-state index in [9.17, 15) is 9.59 Å². The molecular weight excluding hydrogens is 262 g/mol. The third-order valence-corrected chi connectivity index (χ3v) is 4.45. The molecule has 1 aromatic rings. The number of hydrogen-bond donors (Lipinski definition) is 1. The standard InChI is InChI=1S/C13H9N3O2S/c14-6-13(7-15)9(11(16)17)10(19-12(13)18)8-4-2-1-3-5-8/h1-5,9-10H,(H2,16,17). The van der Waals surface area contributed by atoms with Crippen molar-refractivity contribution in [1.29, 1.82) is 10.5 Å². The van der Waals surface area contributed by atoms with Crippen LogP contribution in [0.25, 0.3) is 0 Å². The SMILES string of the molecule is N#CC1(C#N)C(=O)SC(c2ccccc2)C1C(N)=O. The van der Waals surface area contributed by atoms with Crippen LogP contribution in [-0.4, -0.2) is 11.0 Å². The van der Waals surface area contributed by atoms with Gasteiger partial charge in [0.15, 0.2) is 0 Å². The molecule has 1 saturated heterocycles. The molecule has 0 spiro atoms. The molecule has 2 N–H and O–H groups in total. The van der Waals surface area contributed by atoms with E-state index in [1.807, 2.05) is 0 Å². The molecule has 1 aliphatic rings. The number of amides is 1. The predicted molar refractivity (Wildman–Crippen MR) is 68.1 cm³/mol. The van der Waals surface area contributed by atoms with E-state index in [4.69, 9.17) is 16.3 Å². The van der Waals surface area contributed by atoms with Crippen LogP contribution in [0.1, 0.15) is 10.8 Å². The third-order valence-electron chi connectivity index (χ3n) is 3.11. The Hall–Kier alpha value is -2.31. The van der Waals surface area contributed by atoms with Gasteiger partial charge in [0.25, 0.3) is 0 Å². The van der Waals surface area contributed by atoms with Gasteiger partial charge >= 0.3 is 0 Å². The highest BCUT2D eigenvalue weighted by Gasteiger charge is 2.60. The lowest BCUT2D eigenvalue weighted by Gasteiger charge is -2.20. The summed E-state index contributed by atoms with van der Waals surface area (Å²) >= 11 is 0.826. The summed E-state index contributed by atoms with van der Waals surface area (Å²) in [7, 11) is 0. The van der Waals surface area contributed by atoms with E-state index < -0.39 is 27.6 Å². The molecular formula is C13H9N3O2S. The van der Waals surface area contributed by atoms with Crippen molar-refractivity contribution in [2.24, 2.45) is 17.1 Å². The van der Waals surface area contributed by atoms with E-state index in [2.05, 4.69) is 0 Å². The summed E-state index contributed by atoms with van der Waals surface area (Å²) < 4.78 is 0. The molecule has 1 aromatic carbocycles. The number of carbonyl (C=O) groups excluding carboxylic acids is 2. The second-order valence-electron chi connectivity index (χ2n) is 4.15. The maximum atomic E-state index is 12.0. The number of thioether (sulfide) groups is 1. The lowest BCUT2D eigenvalue weighted by Crippen LogP contribution is -2.39. The van der Waals surface area contributed by atoms with Crippen molar-refractivity contribution in [3.05, 3.63) is 35.9 Å². The monoisotopic (exact) mass is 271 g/mol. The smallest absolute Gasteiger partial charge is 0.225 e. The highest BCUT2D eigenvalue weighted by Crippen LogP contribution is 2.54. The van der Waals surface area contributed by atoms with Crippen LogP contribution in [0.2, 0.25) is 0 Å². The zero-order chi connectivity index (χ0) is 14.0. The molecule has 2 unspecified atom stereocenters. The number of nitriles is 2. The summed E-state index contributed by atoms with van der Waals surface area (Å²) in [6.45, 7) is 0. The zero-order valence-electron chi connectivity index (χ0n) is 9.74. The van der Waals surface area contributed by atoms with Gasteiger partial charge in [-0.1, -0.05) is 42.1 Å². The fourth-order valence-corrected chi connectivity index (χ4v) is 3.55. The van der Waals surface area contributed by atoms with E-state index in [1.165, 1.54) is 0 Å². The van der Waals surface area contributed by atoms with Crippen molar-refractivity contribution >= 4 is 22.8 Å². The number of hydrogen-bond acceptors (Lipinski definition) is 5. The van der Waals surface area contributed by atoms with Crippen molar-refractivity contribution in [2.45, 2.75) is 5.25 Å². The minimum atomic E-state index is -1.99. The fraction of sp³-hybridized carbons (Fsp3) is 0.231. The maximum Gasteiger partial charge on any atom is 0.225 e. The van der Waals surface area contributed by atoms with Gasteiger partial charge in [-0.2, -0.15) is 10.5 Å². The van der Waals surface area contributed by atoms with Crippen LogP contribution in [0.5, 0.6) is 0 Å². The van der Waals surface area contributed by atoms with E-state index in [0.717, 1.165) is 11.8 Å². The highest BCUT2D eigenvalue weighted by atomic mass is 32.2. The number of carbonyl (C=O) groups is 2. The highest BCUT2D eigenvalue weighted by molar-refractivity contribution is 8.14. The molecule has 0 aliphatic carbocycles. The lowest BCUT2D eigenvalue weighted by molar-refractivity contribution is -0.127. The van der Waals surface area contributed by atoms with E-state index >= 15 is 0 Å². The minimum absolute atomic E-state index is 0.592. The summed E-state index contributed by atoms with van der Waals surface area (Å²) in [6.07, 6.45) is 0. The van der Waals surface area contributed by atoms with Gasteiger partial charge in [-0.3, -0.25) is 9.59 Å². The van der Waals surface area contributed by atoms with Gasteiger partial charge in [-0.05, 0) is 5.56 Å². The molecule has 5 nitrogen and oxygen atoms in total. The summed E-state index contributed by atoms with van der Waals surface area (Å²) in [6, 6.07) is 12.2. The minimum Gasteiger partial charge on any atom is -0.369 e. The first kappa shape index (κ1) is 13.1. The third kappa shape index (κ3) is 1.87. The Balaban J connectivity index is 2.55. The number of primary amides is 1. The van der Waals surface area contributed by atoms with Crippen LogP contribution >= 0.6 is 11.8 Å². The number of benzene rings is 1. The van der Waals surface area contributed by atoms with E-state index in [1.54, 1.807) is 42.5 Å². The van der Waals surface area contributed by atoms with Crippen LogP contribution in [-0.2, 0) is 9.59 Å². The first-order chi connectivity index (χ1) is 9.06. The van der Waals surface area contributed by atoms with Crippen molar-refractivity contribution < 1.29 is 9.59 Å². The predicted octanol–water partition coefficient (Wildman–Crippen LogP) is 1.14. The molecule has 2 atom stereocenters. The molecule has 19 heavy (non-hydrogen) atoms. The largest absolute Gasteiger partial charge is 0.369 e. The van der Waals surface area contributed by atoms with Crippen molar-refractivity contribution in [3.63, 3.8) is 0 Å². The molecule has 1 heterocycles. The fourth-order valence-electron chi connectivity index (χ4n) is 2.15. The van der Waals surface area contributed by atoms with Gasteiger partial charge in [0.05, 0.1) is 23.3 Å². The molecule has 0 radical (unpaired) electrons. The molecule has 0 bridgehead atoms. The second kappa shape index (κ2) is 4.75. The first-order valence-electron chi connectivity index (χ1n) is 5.44. The Morgan fingerprint density at radius 1 is 1.26 bits per heavy atom. The van der Waals surface area contributed by atoms with Gasteiger partial charge in [-0.15, -0.1) is 0 Å². The average Bonchev–Trinajstić information content (AvgIpc) is 2.73. The zero-order valence-corrected chi connectivity index (χ0v) is 10.6. The number of rotatable bonds is 2. The molecule has 1 aliphatic heterocycles. The van der Waals surface area contributed by atoms with Crippen molar-refractivity contribution in [2.75, 3.05) is 0 Å². The van der Waals surface area contributed by atoms with Crippen LogP contribution in [0.15, 0.2) is 30.3 Å². The van der Waals surface area contributed by atoms with Gasteiger partial charge < -0.3 is 5.73 Å². The Morgan fingerprint density at radius 3 is 2.32 bits per heavy atom. The van der Waals surface area contributed by atoms with E-state index in [0.29, 0.717) is 5.56 Å². The normalized spacial score (nSPS) is 24.4. The Kier molecular flexibility index (Phi) is 3.28. The first-order valence-corrected chi connectivity index (χ1v) is 6.32. The molecule has 2 rings (SSSR count). The van der Waals surface area contributed by atoms with Crippen molar-refractivity contribution in [1.82, 2.24) is 0 Å². The molecule has 0 saturated carbocycles. The van der Waals surface area contributed by atoms with Crippen LogP contribution in [0.3, 0.4) is 0 Å². The molecule has 1 amide bonds. The van der Waals surface area contributed by atoms with Crippen molar-refractivity contribution in [3.8, 4) is 12.1 Å². The summed E-state index contributed by atoms with van der Waals surface area (Å²) in [5.74, 6) is -1.95. The lowest BCUT2D eigenvalue weighted by atomic mass is 9.75. The number of nitrogens with two attached hydrogens (primary N) is 1. The maximum absolute atomic E-state index is 12.0. The quantitative estimate of drug-likeness (QED) is 0.867. The summed E-state index contributed by atoms with van der Waals surface area (Å²) in [5, 5.41) is 17.1.